The van der Waals surface area contributed by atoms with Gasteiger partial charge in [-0.1, -0.05) is 45.7 Å². The van der Waals surface area contributed by atoms with Gasteiger partial charge in [0.05, 0.1) is 5.69 Å². The Hall–Kier alpha value is -1.47. The van der Waals surface area contributed by atoms with E-state index in [1.165, 1.54) is 0 Å². The third kappa shape index (κ3) is 4.77. The molecule has 0 aliphatic heterocycles. The fourth-order valence-corrected chi connectivity index (χ4v) is 3.95. The SMILES string of the molecule is CC(C)c1cc(Cc2c(Br)cc(CCC(=O)O)cc2Br)n[nH]c1=O. The average Bonchev–Trinajstić information content (AvgIpc) is 2.50. The van der Waals surface area contributed by atoms with Gasteiger partial charge < -0.3 is 5.11 Å². The predicted molar refractivity (Wildman–Crippen MR) is 99.6 cm³/mol. The minimum Gasteiger partial charge on any atom is -0.481 e. The zero-order chi connectivity index (χ0) is 17.9. The van der Waals surface area contributed by atoms with Gasteiger partial charge in [0.25, 0.3) is 5.56 Å². The third-order valence-electron chi connectivity index (χ3n) is 3.69. The Morgan fingerprint density at radius 1 is 1.25 bits per heavy atom. The van der Waals surface area contributed by atoms with Crippen molar-refractivity contribution in [3.05, 3.63) is 59.9 Å². The summed E-state index contributed by atoms with van der Waals surface area (Å²) in [4.78, 5) is 22.5. The number of hydrogen-bond donors (Lipinski definition) is 2. The molecule has 0 aliphatic carbocycles. The first-order chi connectivity index (χ1) is 11.3. The van der Waals surface area contributed by atoms with Crippen molar-refractivity contribution in [2.24, 2.45) is 0 Å². The molecule has 0 bridgehead atoms. The number of aromatic amines is 1. The number of carboxylic acid groups (broad SMARTS) is 1. The molecule has 7 heteroatoms. The largest absolute Gasteiger partial charge is 0.481 e. The number of nitrogens with one attached hydrogen (secondary N) is 1. The number of hydrogen-bond acceptors (Lipinski definition) is 3. The number of aliphatic carboxylic acids is 1. The normalized spacial score (nSPS) is 11.0. The van der Waals surface area contributed by atoms with Crippen LogP contribution in [-0.2, 0) is 17.6 Å². The maximum Gasteiger partial charge on any atom is 0.303 e. The number of carbonyl (C=O) groups is 1. The van der Waals surface area contributed by atoms with Crippen LogP contribution in [0.15, 0.2) is 31.9 Å². The van der Waals surface area contributed by atoms with Crippen molar-refractivity contribution in [3.8, 4) is 0 Å². The minimum absolute atomic E-state index is 0.0947. The van der Waals surface area contributed by atoms with Crippen molar-refractivity contribution in [3.63, 3.8) is 0 Å². The molecule has 1 aromatic carbocycles. The van der Waals surface area contributed by atoms with Gasteiger partial charge in [0.15, 0.2) is 0 Å². The van der Waals surface area contributed by atoms with Crippen LogP contribution in [0.1, 0.15) is 48.6 Å². The molecule has 0 radical (unpaired) electrons. The predicted octanol–water partition coefficient (Wildman–Crippen LogP) is 4.03. The van der Waals surface area contributed by atoms with Crippen molar-refractivity contribution in [2.45, 2.75) is 39.0 Å². The van der Waals surface area contributed by atoms with Crippen LogP contribution >= 0.6 is 31.9 Å². The molecule has 1 heterocycles. The highest BCUT2D eigenvalue weighted by Gasteiger charge is 2.13. The summed E-state index contributed by atoms with van der Waals surface area (Å²) in [7, 11) is 0. The Balaban J connectivity index is 2.28. The zero-order valence-electron chi connectivity index (χ0n) is 13.4. The molecule has 2 aromatic rings. The van der Waals surface area contributed by atoms with E-state index in [1.807, 2.05) is 32.0 Å². The number of H-pyrrole nitrogens is 1. The molecule has 1 aromatic heterocycles. The average molecular weight is 458 g/mol. The highest BCUT2D eigenvalue weighted by molar-refractivity contribution is 9.11. The molecular formula is C17H18Br2N2O3. The van der Waals surface area contributed by atoms with Crippen LogP contribution in [0, 0.1) is 0 Å². The number of halogens is 2. The first-order valence-corrected chi connectivity index (χ1v) is 9.13. The minimum atomic E-state index is -0.815. The molecule has 0 amide bonds. The van der Waals surface area contributed by atoms with Crippen LogP contribution in [-0.4, -0.2) is 21.3 Å². The lowest BCUT2D eigenvalue weighted by Gasteiger charge is -2.11. The summed E-state index contributed by atoms with van der Waals surface area (Å²) in [6, 6.07) is 5.69. The summed E-state index contributed by atoms with van der Waals surface area (Å²) in [6.07, 6.45) is 1.12. The smallest absolute Gasteiger partial charge is 0.303 e. The van der Waals surface area contributed by atoms with Crippen LogP contribution in [0.2, 0.25) is 0 Å². The molecule has 2 N–H and O–H groups in total. The summed E-state index contributed by atoms with van der Waals surface area (Å²) in [6.45, 7) is 3.94. The van der Waals surface area contributed by atoms with Gasteiger partial charge in [0.1, 0.15) is 0 Å². The molecule has 0 fully saturated rings. The Bertz CT molecular complexity index is 793. The molecular weight excluding hydrogens is 440 g/mol. The van der Waals surface area contributed by atoms with Crippen molar-refractivity contribution in [1.29, 1.82) is 0 Å². The van der Waals surface area contributed by atoms with Crippen LogP contribution in [0.3, 0.4) is 0 Å². The summed E-state index contributed by atoms with van der Waals surface area (Å²) in [5.74, 6) is -0.689. The number of carboxylic acids is 1. The van der Waals surface area contributed by atoms with Crippen molar-refractivity contribution < 1.29 is 9.90 Å². The fraction of sp³-hybridized carbons (Fsp3) is 0.353. The number of rotatable bonds is 6. The molecule has 24 heavy (non-hydrogen) atoms. The lowest BCUT2D eigenvalue weighted by molar-refractivity contribution is -0.136. The first-order valence-electron chi connectivity index (χ1n) is 7.55. The molecule has 0 atom stereocenters. The maximum absolute atomic E-state index is 11.8. The van der Waals surface area contributed by atoms with Gasteiger partial charge in [-0.05, 0) is 41.7 Å². The highest BCUT2D eigenvalue weighted by atomic mass is 79.9. The monoisotopic (exact) mass is 456 g/mol. The highest BCUT2D eigenvalue weighted by Crippen LogP contribution is 2.30. The lowest BCUT2D eigenvalue weighted by Crippen LogP contribution is -2.17. The van der Waals surface area contributed by atoms with E-state index in [1.54, 1.807) is 0 Å². The third-order valence-corrected chi connectivity index (χ3v) is 5.11. The van der Waals surface area contributed by atoms with Crippen molar-refractivity contribution in [1.82, 2.24) is 10.2 Å². The maximum atomic E-state index is 11.8. The molecule has 2 rings (SSSR count). The summed E-state index contributed by atoms with van der Waals surface area (Å²) < 4.78 is 1.77. The van der Waals surface area contributed by atoms with E-state index < -0.39 is 5.97 Å². The van der Waals surface area contributed by atoms with Gasteiger partial charge in [-0.15, -0.1) is 0 Å². The second-order valence-corrected chi connectivity index (χ2v) is 7.62. The summed E-state index contributed by atoms with van der Waals surface area (Å²) in [5.41, 5.74) is 3.28. The van der Waals surface area contributed by atoms with Gasteiger partial charge >= 0.3 is 5.97 Å². The molecule has 128 valence electrons. The van der Waals surface area contributed by atoms with Crippen LogP contribution < -0.4 is 5.56 Å². The second kappa shape index (κ2) is 8.07. The van der Waals surface area contributed by atoms with Crippen LogP contribution in [0.25, 0.3) is 0 Å². The molecule has 0 saturated carbocycles. The topological polar surface area (TPSA) is 83.0 Å². The van der Waals surface area contributed by atoms with E-state index in [9.17, 15) is 9.59 Å². The van der Waals surface area contributed by atoms with E-state index in [-0.39, 0.29) is 17.9 Å². The van der Waals surface area contributed by atoms with E-state index >= 15 is 0 Å². The second-order valence-electron chi connectivity index (χ2n) is 5.91. The molecule has 5 nitrogen and oxygen atoms in total. The van der Waals surface area contributed by atoms with Gasteiger partial charge in [0.2, 0.25) is 0 Å². The number of aromatic nitrogens is 2. The zero-order valence-corrected chi connectivity index (χ0v) is 16.6. The Labute approximate surface area is 156 Å². The quantitative estimate of drug-likeness (QED) is 0.685. The number of benzene rings is 1. The fourth-order valence-electron chi connectivity index (χ4n) is 2.38. The number of nitrogens with zero attached hydrogens (tertiary/aromatic N) is 1. The van der Waals surface area contributed by atoms with Gasteiger partial charge in [-0.25, -0.2) is 5.10 Å². The van der Waals surface area contributed by atoms with Gasteiger partial charge in [-0.2, -0.15) is 5.10 Å². The van der Waals surface area contributed by atoms with E-state index in [4.69, 9.17) is 5.11 Å². The standard InChI is InChI=1S/C17H18Br2N2O3/c1-9(2)12-7-11(20-21-17(12)24)8-13-14(18)5-10(6-15(13)19)3-4-16(22)23/h5-7,9H,3-4,8H2,1-2H3,(H,21,24)(H,22,23). The Morgan fingerprint density at radius 2 is 1.88 bits per heavy atom. The molecule has 0 saturated heterocycles. The van der Waals surface area contributed by atoms with Gasteiger partial charge in [-0.3, -0.25) is 9.59 Å². The Kier molecular flexibility index (Phi) is 6.34. The van der Waals surface area contributed by atoms with E-state index in [2.05, 4.69) is 42.1 Å². The van der Waals surface area contributed by atoms with Crippen molar-refractivity contribution >= 4 is 37.8 Å². The summed E-state index contributed by atoms with van der Waals surface area (Å²) >= 11 is 7.09. The molecule has 0 aliphatic rings. The van der Waals surface area contributed by atoms with E-state index in [0.717, 1.165) is 25.8 Å². The Morgan fingerprint density at radius 3 is 2.42 bits per heavy atom. The summed E-state index contributed by atoms with van der Waals surface area (Å²) in [5, 5.41) is 15.5. The molecule has 0 spiro atoms. The number of aryl methyl sites for hydroxylation is 1. The van der Waals surface area contributed by atoms with Crippen LogP contribution in [0.4, 0.5) is 0 Å². The van der Waals surface area contributed by atoms with Crippen LogP contribution in [0.5, 0.6) is 0 Å². The lowest BCUT2D eigenvalue weighted by atomic mass is 10.0. The van der Waals surface area contributed by atoms with Gasteiger partial charge in [0, 0.05) is 27.4 Å². The van der Waals surface area contributed by atoms with Crippen molar-refractivity contribution in [2.75, 3.05) is 0 Å². The van der Waals surface area contributed by atoms with E-state index in [0.29, 0.717) is 18.4 Å². The first kappa shape index (κ1) is 18.9. The molecule has 0 unspecified atom stereocenters.